The number of ether oxygens (including phenoxy) is 1. The van der Waals surface area contributed by atoms with Crippen molar-refractivity contribution in [2.75, 3.05) is 6.54 Å². The first-order valence-electron chi connectivity index (χ1n) is 6.45. The van der Waals surface area contributed by atoms with Gasteiger partial charge >= 0.3 is 0 Å². The summed E-state index contributed by atoms with van der Waals surface area (Å²) in [7, 11) is 0. The van der Waals surface area contributed by atoms with Crippen LogP contribution in [-0.2, 0) is 9.59 Å². The molecule has 2 N–H and O–H groups in total. The lowest BCUT2D eigenvalue weighted by molar-refractivity contribution is -0.131. The van der Waals surface area contributed by atoms with Crippen molar-refractivity contribution in [3.63, 3.8) is 0 Å². The number of hydrogen-bond donors (Lipinski definition) is 2. The number of hydrogen-bond acceptors (Lipinski definition) is 4. The Kier molecular flexibility index (Phi) is 5.49. The smallest absolute Gasteiger partial charge is 0.245 e. The van der Waals surface area contributed by atoms with E-state index in [9.17, 15) is 9.59 Å². The summed E-state index contributed by atoms with van der Waals surface area (Å²) in [5.41, 5.74) is -0.945. The van der Waals surface area contributed by atoms with Gasteiger partial charge in [0.05, 0.1) is 12.7 Å². The van der Waals surface area contributed by atoms with Crippen LogP contribution < -0.4 is 15.4 Å². The summed E-state index contributed by atoms with van der Waals surface area (Å²) in [6, 6.07) is 3.58. The first kappa shape index (κ1) is 15.9. The van der Waals surface area contributed by atoms with Crippen LogP contribution in [0, 0.1) is 0 Å². The minimum absolute atomic E-state index is 0.198. The van der Waals surface area contributed by atoms with E-state index in [1.165, 1.54) is 6.92 Å². The van der Waals surface area contributed by atoms with Gasteiger partial charge < -0.3 is 15.4 Å². The summed E-state index contributed by atoms with van der Waals surface area (Å²) in [6.07, 6.45) is 3.07. The summed E-state index contributed by atoms with van der Waals surface area (Å²) in [6.45, 7) is 6.87. The molecule has 0 saturated heterocycles. The molecule has 0 saturated carbocycles. The number of carbonyl (C=O) groups is 2. The van der Waals surface area contributed by atoms with Crippen LogP contribution in [0.15, 0.2) is 24.5 Å². The number of carbonyl (C=O) groups excluding carboxylic acids is 2. The zero-order chi connectivity index (χ0) is 15.2. The van der Waals surface area contributed by atoms with Gasteiger partial charge in [-0.1, -0.05) is 0 Å². The van der Waals surface area contributed by atoms with Gasteiger partial charge in [-0.15, -0.1) is 0 Å². The van der Waals surface area contributed by atoms with E-state index in [2.05, 4.69) is 15.6 Å². The summed E-state index contributed by atoms with van der Waals surface area (Å²) in [5, 5.41) is 5.34. The van der Waals surface area contributed by atoms with Gasteiger partial charge in [0, 0.05) is 13.1 Å². The van der Waals surface area contributed by atoms with E-state index in [4.69, 9.17) is 4.74 Å². The van der Waals surface area contributed by atoms with Gasteiger partial charge in [0.15, 0.2) is 0 Å². The van der Waals surface area contributed by atoms with Crippen LogP contribution in [0.3, 0.4) is 0 Å². The molecule has 20 heavy (non-hydrogen) atoms. The summed E-state index contributed by atoms with van der Waals surface area (Å²) in [5.74, 6) is 0.148. The molecule has 6 heteroatoms. The zero-order valence-electron chi connectivity index (χ0n) is 12.3. The monoisotopic (exact) mass is 279 g/mol. The van der Waals surface area contributed by atoms with Crippen LogP contribution in [0.25, 0.3) is 0 Å². The van der Waals surface area contributed by atoms with Gasteiger partial charge in [-0.05, 0) is 32.9 Å². The third kappa shape index (κ3) is 5.26. The van der Waals surface area contributed by atoms with E-state index < -0.39 is 5.54 Å². The highest BCUT2D eigenvalue weighted by Crippen LogP contribution is 2.09. The highest BCUT2D eigenvalue weighted by Gasteiger charge is 2.28. The van der Waals surface area contributed by atoms with Crippen LogP contribution in [0.4, 0.5) is 0 Å². The minimum atomic E-state index is -0.945. The maximum atomic E-state index is 12.0. The second kappa shape index (κ2) is 6.88. The largest absolute Gasteiger partial charge is 0.487 e. The molecular formula is C14H21N3O3. The zero-order valence-corrected chi connectivity index (χ0v) is 12.3. The molecule has 110 valence electrons. The maximum absolute atomic E-state index is 12.0. The van der Waals surface area contributed by atoms with Crippen LogP contribution in [0.5, 0.6) is 5.75 Å². The first-order valence-corrected chi connectivity index (χ1v) is 6.45. The van der Waals surface area contributed by atoms with E-state index in [0.717, 1.165) is 0 Å². The molecule has 0 spiro atoms. The Bertz CT molecular complexity index is 460. The van der Waals surface area contributed by atoms with Crippen molar-refractivity contribution in [3.05, 3.63) is 24.5 Å². The molecule has 1 rings (SSSR count). The molecular weight excluding hydrogens is 258 g/mol. The van der Waals surface area contributed by atoms with Crippen LogP contribution in [0.2, 0.25) is 0 Å². The highest BCUT2D eigenvalue weighted by molar-refractivity contribution is 5.90. The van der Waals surface area contributed by atoms with E-state index in [1.807, 2.05) is 6.92 Å². The van der Waals surface area contributed by atoms with Crippen LogP contribution in [0.1, 0.15) is 27.7 Å². The predicted octanol–water partition coefficient (Wildman–Crippen LogP) is 0.880. The molecule has 0 aliphatic carbocycles. The fourth-order valence-corrected chi connectivity index (χ4v) is 1.65. The van der Waals surface area contributed by atoms with Gasteiger partial charge in [0.2, 0.25) is 11.8 Å². The normalized spacial score (nSPS) is 12.4. The Balaban J connectivity index is 2.42. The van der Waals surface area contributed by atoms with Crippen molar-refractivity contribution >= 4 is 11.8 Å². The van der Waals surface area contributed by atoms with E-state index in [0.29, 0.717) is 12.3 Å². The molecule has 2 amide bonds. The van der Waals surface area contributed by atoms with Gasteiger partial charge in [0.1, 0.15) is 17.4 Å². The van der Waals surface area contributed by atoms with E-state index in [1.54, 1.807) is 38.4 Å². The molecule has 6 nitrogen and oxygen atoms in total. The lowest BCUT2D eigenvalue weighted by atomic mass is 10.0. The van der Waals surface area contributed by atoms with Crippen LogP contribution in [-0.4, -0.2) is 35.0 Å². The van der Waals surface area contributed by atoms with Crippen molar-refractivity contribution in [1.29, 1.82) is 0 Å². The third-order valence-corrected chi connectivity index (χ3v) is 2.58. The number of amides is 2. The number of nitrogens with zero attached hydrogens (tertiary/aromatic N) is 1. The molecule has 0 aromatic carbocycles. The number of pyridine rings is 1. The second-order valence-electron chi connectivity index (χ2n) is 5.13. The summed E-state index contributed by atoms with van der Waals surface area (Å²) < 4.78 is 5.59. The molecule has 0 fully saturated rings. The summed E-state index contributed by atoms with van der Waals surface area (Å²) in [4.78, 5) is 26.9. The highest BCUT2D eigenvalue weighted by atomic mass is 16.5. The average molecular weight is 279 g/mol. The van der Waals surface area contributed by atoms with Gasteiger partial charge in [-0.2, -0.15) is 0 Å². The Morgan fingerprint density at radius 2 is 2.15 bits per heavy atom. The molecule has 1 atom stereocenters. The van der Waals surface area contributed by atoms with Crippen molar-refractivity contribution < 1.29 is 14.3 Å². The molecule has 0 aliphatic heterocycles. The fraction of sp³-hybridized carbons (Fsp3) is 0.500. The maximum Gasteiger partial charge on any atom is 0.245 e. The standard InChI is InChI=1S/C14H21N3O3/c1-10(20-12-6-5-7-15-9-12)8-16-13(19)14(3,4)17-11(2)18/h5-7,9-10H,8H2,1-4H3,(H,16,19)(H,17,18). The Hall–Kier alpha value is -2.11. The Labute approximate surface area is 118 Å². The Morgan fingerprint density at radius 1 is 1.45 bits per heavy atom. The summed E-state index contributed by atoms with van der Waals surface area (Å²) >= 11 is 0. The molecule has 0 radical (unpaired) electrons. The molecule has 1 aromatic heterocycles. The van der Waals surface area contributed by atoms with Crippen molar-refractivity contribution in [3.8, 4) is 5.75 Å². The molecule has 1 heterocycles. The van der Waals surface area contributed by atoms with E-state index >= 15 is 0 Å². The quantitative estimate of drug-likeness (QED) is 0.810. The Morgan fingerprint density at radius 3 is 2.70 bits per heavy atom. The van der Waals surface area contributed by atoms with Gasteiger partial charge in [-0.3, -0.25) is 14.6 Å². The number of aromatic nitrogens is 1. The molecule has 0 bridgehead atoms. The minimum Gasteiger partial charge on any atom is -0.487 e. The predicted molar refractivity (Wildman–Crippen MR) is 75.2 cm³/mol. The fourth-order valence-electron chi connectivity index (χ4n) is 1.65. The van der Waals surface area contributed by atoms with E-state index in [-0.39, 0.29) is 17.9 Å². The molecule has 1 unspecified atom stereocenters. The first-order chi connectivity index (χ1) is 9.31. The van der Waals surface area contributed by atoms with Crippen molar-refractivity contribution in [1.82, 2.24) is 15.6 Å². The molecule has 1 aromatic rings. The number of nitrogens with one attached hydrogen (secondary N) is 2. The molecule has 0 aliphatic rings. The SMILES string of the molecule is CC(=O)NC(C)(C)C(=O)NCC(C)Oc1cccnc1. The lowest BCUT2D eigenvalue weighted by Crippen LogP contribution is -2.55. The van der Waals surface area contributed by atoms with Crippen molar-refractivity contribution in [2.45, 2.75) is 39.3 Å². The third-order valence-electron chi connectivity index (χ3n) is 2.58. The second-order valence-corrected chi connectivity index (χ2v) is 5.13. The lowest BCUT2D eigenvalue weighted by Gasteiger charge is -2.25. The topological polar surface area (TPSA) is 80.3 Å². The van der Waals surface area contributed by atoms with Crippen molar-refractivity contribution in [2.24, 2.45) is 0 Å². The van der Waals surface area contributed by atoms with Gasteiger partial charge in [-0.25, -0.2) is 0 Å². The van der Waals surface area contributed by atoms with Gasteiger partial charge in [0.25, 0.3) is 0 Å². The average Bonchev–Trinajstić information content (AvgIpc) is 2.35. The van der Waals surface area contributed by atoms with Crippen LogP contribution >= 0.6 is 0 Å². The number of rotatable bonds is 6.